The molecule has 1 atom stereocenters. The third-order valence-electron chi connectivity index (χ3n) is 7.19. The molecule has 0 radical (unpaired) electrons. The van der Waals surface area contributed by atoms with Crippen LogP contribution < -0.4 is 16.4 Å². The van der Waals surface area contributed by atoms with Gasteiger partial charge in [0, 0.05) is 30.1 Å². The van der Waals surface area contributed by atoms with Gasteiger partial charge in [0.1, 0.15) is 11.6 Å². The third-order valence-corrected chi connectivity index (χ3v) is 7.19. The highest BCUT2D eigenvalue weighted by Crippen LogP contribution is 2.44. The van der Waals surface area contributed by atoms with E-state index in [1.165, 1.54) is 17.7 Å². The Balaban J connectivity index is 1.18. The van der Waals surface area contributed by atoms with Gasteiger partial charge in [0.15, 0.2) is 5.96 Å². The van der Waals surface area contributed by atoms with Gasteiger partial charge in [-0.2, -0.15) is 0 Å². The van der Waals surface area contributed by atoms with E-state index in [-0.39, 0.29) is 17.4 Å². The molecule has 8 heteroatoms. The van der Waals surface area contributed by atoms with Gasteiger partial charge in [0.05, 0.1) is 6.54 Å². The molecule has 1 aromatic carbocycles. The summed E-state index contributed by atoms with van der Waals surface area (Å²) in [5, 5.41) is 5.50. The van der Waals surface area contributed by atoms with Gasteiger partial charge in [-0.25, -0.2) is 18.6 Å². The number of allylic oxidation sites excluding steroid dienone is 7. The number of carbonyl (C=O) groups excluding carboxylic acids is 1. The van der Waals surface area contributed by atoms with Crippen molar-refractivity contribution in [1.29, 1.82) is 0 Å². The molecule has 35 heavy (non-hydrogen) atoms. The van der Waals surface area contributed by atoms with Crippen molar-refractivity contribution < 1.29 is 13.6 Å². The van der Waals surface area contributed by atoms with Gasteiger partial charge < -0.3 is 11.1 Å². The molecule has 1 heterocycles. The molecule has 4 N–H and O–H groups in total. The standard InChI is InChI=1S/C27H33F2N5O/c1-27-12-3-2-5-21(27)6-4-7-22(27)17-31-25(30)33-26(35)32-16-19-10-13-34(14-11-19)18-20-8-9-23(28)15-24(20)29/h2-9,15,19H,10-14,16-18H2,1H3,(H4,30,31,32,33,35). The van der Waals surface area contributed by atoms with Crippen LogP contribution in [0.4, 0.5) is 13.6 Å². The van der Waals surface area contributed by atoms with Crippen molar-refractivity contribution in [3.63, 3.8) is 0 Å². The molecular weight excluding hydrogens is 448 g/mol. The SMILES string of the molecule is CC12CC=CC=C1C=CC=C2CN=C(N)NC(=O)NCC1CCN(Cc2ccc(F)cc2F)CC1. The van der Waals surface area contributed by atoms with Gasteiger partial charge in [-0.15, -0.1) is 0 Å². The number of carbonyl (C=O) groups is 1. The fourth-order valence-corrected chi connectivity index (χ4v) is 4.86. The summed E-state index contributed by atoms with van der Waals surface area (Å²) >= 11 is 0. The van der Waals surface area contributed by atoms with E-state index in [2.05, 4.69) is 57.8 Å². The van der Waals surface area contributed by atoms with Gasteiger partial charge in [0.25, 0.3) is 0 Å². The van der Waals surface area contributed by atoms with Crippen molar-refractivity contribution >= 4 is 12.0 Å². The lowest BCUT2D eigenvalue weighted by atomic mass is 9.68. The molecule has 1 unspecified atom stereocenters. The first-order chi connectivity index (χ1) is 16.8. The van der Waals surface area contributed by atoms with Crippen molar-refractivity contribution in [3.05, 3.63) is 83.0 Å². The Morgan fingerprint density at radius 3 is 2.80 bits per heavy atom. The van der Waals surface area contributed by atoms with E-state index >= 15 is 0 Å². The number of nitrogens with two attached hydrogens (primary N) is 1. The molecule has 1 aromatic rings. The fourth-order valence-electron chi connectivity index (χ4n) is 4.86. The Bertz CT molecular complexity index is 1100. The molecule has 0 bridgehead atoms. The largest absolute Gasteiger partial charge is 0.370 e. The smallest absolute Gasteiger partial charge is 0.321 e. The zero-order valence-corrected chi connectivity index (χ0v) is 20.1. The molecule has 1 aliphatic heterocycles. The number of piperidine rings is 1. The minimum atomic E-state index is -0.564. The second-order valence-electron chi connectivity index (χ2n) is 9.63. The summed E-state index contributed by atoms with van der Waals surface area (Å²) in [7, 11) is 0. The van der Waals surface area contributed by atoms with Gasteiger partial charge in [0.2, 0.25) is 0 Å². The van der Waals surface area contributed by atoms with Crippen LogP contribution in [0.2, 0.25) is 0 Å². The first-order valence-corrected chi connectivity index (χ1v) is 12.1. The van der Waals surface area contributed by atoms with Crippen LogP contribution >= 0.6 is 0 Å². The number of fused-ring (bicyclic) bond motifs is 1. The highest BCUT2D eigenvalue weighted by molar-refractivity contribution is 5.95. The Morgan fingerprint density at radius 2 is 2.03 bits per heavy atom. The summed E-state index contributed by atoms with van der Waals surface area (Å²) in [5.41, 5.74) is 8.79. The maximum absolute atomic E-state index is 13.9. The number of amides is 2. The first kappa shape index (κ1) is 24.9. The lowest BCUT2D eigenvalue weighted by molar-refractivity contribution is 0.173. The number of likely N-dealkylation sites (tertiary alicyclic amines) is 1. The second kappa shape index (κ2) is 11.0. The minimum absolute atomic E-state index is 0.0904. The molecule has 6 nitrogen and oxygen atoms in total. The predicted molar refractivity (Wildman–Crippen MR) is 135 cm³/mol. The molecule has 2 aliphatic carbocycles. The van der Waals surface area contributed by atoms with Crippen LogP contribution in [-0.2, 0) is 6.54 Å². The lowest BCUT2D eigenvalue weighted by Gasteiger charge is -2.36. The number of nitrogens with one attached hydrogen (secondary N) is 2. The summed E-state index contributed by atoms with van der Waals surface area (Å²) in [6, 6.07) is 3.34. The van der Waals surface area contributed by atoms with E-state index in [1.807, 2.05) is 6.08 Å². The first-order valence-electron chi connectivity index (χ1n) is 12.1. The van der Waals surface area contributed by atoms with Crippen molar-refractivity contribution in [2.24, 2.45) is 22.1 Å². The van der Waals surface area contributed by atoms with Crippen molar-refractivity contribution in [2.75, 3.05) is 26.2 Å². The topological polar surface area (TPSA) is 82.7 Å². The molecular formula is C27H33F2N5O. The Labute approximate surface area is 205 Å². The van der Waals surface area contributed by atoms with Gasteiger partial charge in [-0.3, -0.25) is 10.2 Å². The van der Waals surface area contributed by atoms with Gasteiger partial charge >= 0.3 is 6.03 Å². The molecule has 0 saturated carbocycles. The monoisotopic (exact) mass is 481 g/mol. The van der Waals surface area contributed by atoms with E-state index in [4.69, 9.17) is 5.73 Å². The molecule has 186 valence electrons. The van der Waals surface area contributed by atoms with Crippen LogP contribution in [0.5, 0.6) is 0 Å². The number of halogens is 2. The van der Waals surface area contributed by atoms with Crippen LogP contribution in [0.25, 0.3) is 0 Å². The van der Waals surface area contributed by atoms with Gasteiger partial charge in [-0.1, -0.05) is 49.4 Å². The molecule has 0 aromatic heterocycles. The van der Waals surface area contributed by atoms with E-state index < -0.39 is 11.6 Å². The minimum Gasteiger partial charge on any atom is -0.370 e. The second-order valence-corrected chi connectivity index (χ2v) is 9.63. The van der Waals surface area contributed by atoms with Crippen LogP contribution in [0, 0.1) is 23.0 Å². The summed E-state index contributed by atoms with van der Waals surface area (Å²) in [4.78, 5) is 18.8. The third kappa shape index (κ3) is 6.25. The van der Waals surface area contributed by atoms with Crippen LogP contribution in [0.15, 0.2) is 70.8 Å². The van der Waals surface area contributed by atoms with E-state index in [0.717, 1.165) is 44.0 Å². The number of aliphatic imine (C=N–C) groups is 1. The fraction of sp³-hybridized carbons (Fsp3) is 0.407. The summed E-state index contributed by atoms with van der Waals surface area (Å²) in [5.74, 6) is -0.653. The average molecular weight is 482 g/mol. The highest BCUT2D eigenvalue weighted by Gasteiger charge is 2.33. The number of nitrogens with zero attached hydrogens (tertiary/aromatic N) is 2. The van der Waals surface area contributed by atoms with Crippen LogP contribution in [-0.4, -0.2) is 43.1 Å². The Hall–Kier alpha value is -3.26. The highest BCUT2D eigenvalue weighted by atomic mass is 19.1. The molecule has 1 fully saturated rings. The quantitative estimate of drug-likeness (QED) is 0.421. The Kier molecular flexibility index (Phi) is 7.80. The van der Waals surface area contributed by atoms with E-state index in [1.54, 1.807) is 0 Å². The lowest BCUT2D eigenvalue weighted by Crippen LogP contribution is -2.46. The Morgan fingerprint density at radius 1 is 1.23 bits per heavy atom. The van der Waals surface area contributed by atoms with Crippen molar-refractivity contribution in [3.8, 4) is 0 Å². The van der Waals surface area contributed by atoms with Crippen molar-refractivity contribution in [2.45, 2.75) is 32.7 Å². The molecule has 4 rings (SSSR count). The number of benzene rings is 1. The predicted octanol–water partition coefficient (Wildman–Crippen LogP) is 4.18. The maximum atomic E-state index is 13.9. The number of rotatable bonds is 6. The summed E-state index contributed by atoms with van der Waals surface area (Å²) < 4.78 is 27.0. The van der Waals surface area contributed by atoms with Gasteiger partial charge in [-0.05, 0) is 55.5 Å². The number of guanidine groups is 1. The van der Waals surface area contributed by atoms with E-state index in [9.17, 15) is 13.6 Å². The summed E-state index contributed by atoms with van der Waals surface area (Å²) in [6.07, 6.45) is 15.3. The maximum Gasteiger partial charge on any atom is 0.321 e. The molecule has 2 amide bonds. The average Bonchev–Trinajstić information content (AvgIpc) is 2.83. The number of urea groups is 1. The van der Waals surface area contributed by atoms with Crippen LogP contribution in [0.1, 0.15) is 31.7 Å². The van der Waals surface area contributed by atoms with E-state index in [0.29, 0.717) is 31.1 Å². The summed E-state index contributed by atoms with van der Waals surface area (Å²) in [6.45, 7) is 5.20. The zero-order chi connectivity index (χ0) is 24.8. The molecule has 1 saturated heterocycles. The van der Waals surface area contributed by atoms with Crippen LogP contribution in [0.3, 0.4) is 0 Å². The number of hydrogen-bond donors (Lipinski definition) is 3. The molecule has 0 spiro atoms. The number of hydrogen-bond acceptors (Lipinski definition) is 3. The molecule has 3 aliphatic rings. The normalized spacial score (nSPS) is 22.9. The van der Waals surface area contributed by atoms with Crippen molar-refractivity contribution in [1.82, 2.24) is 15.5 Å². The zero-order valence-electron chi connectivity index (χ0n) is 20.1.